The zero-order valence-corrected chi connectivity index (χ0v) is 14.7. The number of anilines is 1. The molecule has 1 aliphatic heterocycles. The minimum Gasteiger partial charge on any atom is -0.324 e. The van der Waals surface area contributed by atoms with Crippen molar-refractivity contribution in [2.75, 3.05) is 16.9 Å². The van der Waals surface area contributed by atoms with Crippen molar-refractivity contribution in [2.45, 2.75) is 19.9 Å². The molecule has 1 aromatic carbocycles. The summed E-state index contributed by atoms with van der Waals surface area (Å²) in [6.45, 7) is 3.99. The predicted octanol–water partition coefficient (Wildman–Crippen LogP) is 3.52. The number of hydrogen-bond acceptors (Lipinski definition) is 4. The molecule has 1 aliphatic rings. The summed E-state index contributed by atoms with van der Waals surface area (Å²) in [4.78, 5) is 27.5. The van der Waals surface area contributed by atoms with Gasteiger partial charge in [-0.25, -0.2) is 0 Å². The lowest BCUT2D eigenvalue weighted by Crippen LogP contribution is -2.44. The van der Waals surface area contributed by atoms with Gasteiger partial charge in [0, 0.05) is 11.4 Å². The van der Waals surface area contributed by atoms with E-state index in [1.165, 1.54) is 11.3 Å². The molecule has 1 unspecified atom stereocenters. The monoisotopic (exact) mass is 346 g/mol. The summed E-state index contributed by atoms with van der Waals surface area (Å²) in [5.74, 6) is 1.01. The Morgan fingerprint density at radius 1 is 1.26 bits per heavy atom. The first kappa shape index (κ1) is 16.1. The first-order valence-corrected chi connectivity index (χ1v) is 9.40. The first-order valence-electron chi connectivity index (χ1n) is 7.36. The number of nitrogens with zero attached hydrogens (tertiary/aromatic N) is 1. The topological polar surface area (TPSA) is 49.4 Å². The number of thioether (sulfide) groups is 1. The van der Waals surface area contributed by atoms with Crippen LogP contribution in [0, 0.1) is 13.8 Å². The van der Waals surface area contributed by atoms with Crippen LogP contribution in [-0.4, -0.2) is 34.4 Å². The maximum atomic E-state index is 12.6. The fourth-order valence-corrected chi connectivity index (χ4v) is 4.40. The lowest BCUT2D eigenvalue weighted by Gasteiger charge is -2.23. The van der Waals surface area contributed by atoms with Crippen LogP contribution in [0.15, 0.2) is 35.7 Å². The Labute approximate surface area is 143 Å². The Kier molecular flexibility index (Phi) is 4.73. The van der Waals surface area contributed by atoms with Crippen molar-refractivity contribution in [3.63, 3.8) is 0 Å². The maximum absolute atomic E-state index is 12.6. The number of aryl methyl sites for hydroxylation is 2. The third-order valence-electron chi connectivity index (χ3n) is 3.82. The fraction of sp³-hybridized carbons (Fsp3) is 0.294. The number of carbonyl (C=O) groups is 2. The van der Waals surface area contributed by atoms with Crippen LogP contribution in [0.5, 0.6) is 0 Å². The smallest absolute Gasteiger partial charge is 0.265 e. The van der Waals surface area contributed by atoms with E-state index in [0.717, 1.165) is 16.8 Å². The van der Waals surface area contributed by atoms with E-state index in [0.29, 0.717) is 16.5 Å². The minimum absolute atomic E-state index is 0.0641. The standard InChI is InChI=1S/C17H18N2O2S2/c1-11-5-6-13(12(2)8-11)18-16(20)14-9-22-10-19(14)17(21)15-4-3-7-23-15/h3-8,14H,9-10H2,1-2H3,(H,18,20). The summed E-state index contributed by atoms with van der Waals surface area (Å²) < 4.78 is 0. The highest BCUT2D eigenvalue weighted by molar-refractivity contribution is 7.99. The van der Waals surface area contributed by atoms with Crippen LogP contribution in [-0.2, 0) is 4.79 Å². The average Bonchev–Trinajstić information content (AvgIpc) is 3.20. The second kappa shape index (κ2) is 6.76. The van der Waals surface area contributed by atoms with E-state index >= 15 is 0 Å². The number of amides is 2. The molecule has 1 atom stereocenters. The van der Waals surface area contributed by atoms with Crippen molar-refractivity contribution in [1.29, 1.82) is 0 Å². The van der Waals surface area contributed by atoms with Gasteiger partial charge < -0.3 is 10.2 Å². The number of carbonyl (C=O) groups excluding carboxylic acids is 2. The molecule has 4 nitrogen and oxygen atoms in total. The van der Waals surface area contributed by atoms with E-state index in [-0.39, 0.29) is 11.8 Å². The normalized spacial score (nSPS) is 17.3. The molecule has 23 heavy (non-hydrogen) atoms. The first-order chi connectivity index (χ1) is 11.1. The number of nitrogens with one attached hydrogen (secondary N) is 1. The van der Waals surface area contributed by atoms with Crippen molar-refractivity contribution >= 4 is 40.6 Å². The second-order valence-corrected chi connectivity index (χ2v) is 7.52. The second-order valence-electron chi connectivity index (χ2n) is 5.58. The van der Waals surface area contributed by atoms with Gasteiger partial charge in [-0.2, -0.15) is 0 Å². The molecule has 6 heteroatoms. The molecule has 0 saturated carbocycles. The van der Waals surface area contributed by atoms with Gasteiger partial charge in [-0.15, -0.1) is 23.1 Å². The highest BCUT2D eigenvalue weighted by Gasteiger charge is 2.35. The van der Waals surface area contributed by atoms with Gasteiger partial charge in [0.15, 0.2) is 0 Å². The van der Waals surface area contributed by atoms with Crippen molar-refractivity contribution < 1.29 is 9.59 Å². The lowest BCUT2D eigenvalue weighted by atomic mass is 10.1. The number of benzene rings is 1. The van der Waals surface area contributed by atoms with Gasteiger partial charge >= 0.3 is 0 Å². The molecule has 0 radical (unpaired) electrons. The third kappa shape index (κ3) is 3.43. The zero-order chi connectivity index (χ0) is 16.4. The molecule has 1 saturated heterocycles. The summed E-state index contributed by atoms with van der Waals surface area (Å²) in [5.41, 5.74) is 2.99. The van der Waals surface area contributed by atoms with Gasteiger partial charge in [-0.3, -0.25) is 9.59 Å². The van der Waals surface area contributed by atoms with E-state index in [4.69, 9.17) is 0 Å². The summed E-state index contributed by atoms with van der Waals surface area (Å²) in [7, 11) is 0. The van der Waals surface area contributed by atoms with E-state index in [1.807, 2.05) is 43.5 Å². The Morgan fingerprint density at radius 3 is 2.78 bits per heavy atom. The molecular weight excluding hydrogens is 328 g/mol. The van der Waals surface area contributed by atoms with Crippen molar-refractivity contribution in [1.82, 2.24) is 4.90 Å². The van der Waals surface area contributed by atoms with Crippen LogP contribution in [0.1, 0.15) is 20.8 Å². The number of hydrogen-bond donors (Lipinski definition) is 1. The van der Waals surface area contributed by atoms with Gasteiger partial charge in [-0.1, -0.05) is 23.8 Å². The van der Waals surface area contributed by atoms with Gasteiger partial charge in [0.25, 0.3) is 5.91 Å². The van der Waals surface area contributed by atoms with Crippen LogP contribution < -0.4 is 5.32 Å². The molecule has 2 amide bonds. The van der Waals surface area contributed by atoms with Crippen molar-refractivity contribution in [2.24, 2.45) is 0 Å². The van der Waals surface area contributed by atoms with Crippen molar-refractivity contribution in [3.8, 4) is 0 Å². The van der Waals surface area contributed by atoms with E-state index in [1.54, 1.807) is 22.7 Å². The Hall–Kier alpha value is -1.79. The molecule has 0 spiro atoms. The number of thiophene rings is 1. The van der Waals surface area contributed by atoms with Gasteiger partial charge in [0.2, 0.25) is 5.91 Å². The summed E-state index contributed by atoms with van der Waals surface area (Å²) in [6.07, 6.45) is 0. The molecular formula is C17H18N2O2S2. The lowest BCUT2D eigenvalue weighted by molar-refractivity contribution is -0.119. The quantitative estimate of drug-likeness (QED) is 0.925. The van der Waals surface area contributed by atoms with Crippen molar-refractivity contribution in [3.05, 3.63) is 51.7 Å². The number of rotatable bonds is 3. The van der Waals surface area contributed by atoms with E-state index < -0.39 is 6.04 Å². The summed E-state index contributed by atoms with van der Waals surface area (Å²) >= 11 is 3.02. The predicted molar refractivity (Wildman–Crippen MR) is 96.1 cm³/mol. The summed E-state index contributed by atoms with van der Waals surface area (Å²) in [5, 5.41) is 4.84. The van der Waals surface area contributed by atoms with Gasteiger partial charge in [-0.05, 0) is 36.9 Å². The molecule has 1 fully saturated rings. The Bertz CT molecular complexity index is 728. The molecule has 2 aromatic rings. The van der Waals surface area contributed by atoms with E-state index in [2.05, 4.69) is 5.32 Å². The van der Waals surface area contributed by atoms with Crippen LogP contribution >= 0.6 is 23.1 Å². The molecule has 0 aliphatic carbocycles. The summed E-state index contributed by atoms with van der Waals surface area (Å²) in [6, 6.07) is 9.15. The highest BCUT2D eigenvalue weighted by atomic mass is 32.2. The Morgan fingerprint density at radius 2 is 2.09 bits per heavy atom. The SMILES string of the molecule is Cc1ccc(NC(=O)C2CSCN2C(=O)c2cccs2)c(C)c1. The zero-order valence-electron chi connectivity index (χ0n) is 13.0. The minimum atomic E-state index is -0.421. The maximum Gasteiger partial charge on any atom is 0.265 e. The van der Waals surface area contributed by atoms with Crippen LogP contribution in [0.4, 0.5) is 5.69 Å². The van der Waals surface area contributed by atoms with Crippen LogP contribution in [0.3, 0.4) is 0 Å². The van der Waals surface area contributed by atoms with Crippen LogP contribution in [0.2, 0.25) is 0 Å². The molecule has 3 rings (SSSR count). The van der Waals surface area contributed by atoms with Crippen LogP contribution in [0.25, 0.3) is 0 Å². The molecule has 120 valence electrons. The van der Waals surface area contributed by atoms with Gasteiger partial charge in [0.1, 0.15) is 6.04 Å². The molecule has 1 N–H and O–H groups in total. The molecule has 0 bridgehead atoms. The average molecular weight is 346 g/mol. The van der Waals surface area contributed by atoms with E-state index in [9.17, 15) is 9.59 Å². The molecule has 1 aromatic heterocycles. The Balaban J connectivity index is 1.74. The highest BCUT2D eigenvalue weighted by Crippen LogP contribution is 2.26. The largest absolute Gasteiger partial charge is 0.324 e. The third-order valence-corrected chi connectivity index (χ3v) is 5.69. The fourth-order valence-electron chi connectivity index (χ4n) is 2.57. The molecule has 2 heterocycles. The van der Waals surface area contributed by atoms with Gasteiger partial charge in [0.05, 0.1) is 10.8 Å².